The van der Waals surface area contributed by atoms with Crippen molar-refractivity contribution >= 4 is 28.3 Å². The molecule has 0 spiro atoms. The SMILES string of the molecule is C[C@H]1CN(c2ccc(CNC(=O)Nc3nncs3)cn2)CCO1. The number of hydrogen-bond donors (Lipinski definition) is 2. The van der Waals surface area contributed by atoms with Crippen LogP contribution >= 0.6 is 11.3 Å². The first kappa shape index (κ1) is 15.6. The van der Waals surface area contributed by atoms with Gasteiger partial charge in [-0.15, -0.1) is 10.2 Å². The van der Waals surface area contributed by atoms with E-state index in [-0.39, 0.29) is 12.1 Å². The third-order valence-corrected chi connectivity index (χ3v) is 4.01. The molecule has 3 heterocycles. The van der Waals surface area contributed by atoms with Crippen LogP contribution in [0, 0.1) is 0 Å². The van der Waals surface area contributed by atoms with Crippen molar-refractivity contribution in [3.8, 4) is 0 Å². The number of carbonyl (C=O) groups excluding carboxylic acids is 1. The molecule has 23 heavy (non-hydrogen) atoms. The largest absolute Gasteiger partial charge is 0.375 e. The van der Waals surface area contributed by atoms with Gasteiger partial charge in [-0.25, -0.2) is 9.78 Å². The highest BCUT2D eigenvalue weighted by Crippen LogP contribution is 2.15. The molecule has 0 bridgehead atoms. The lowest BCUT2D eigenvalue weighted by atomic mass is 10.2. The number of rotatable bonds is 4. The number of ether oxygens (including phenoxy) is 1. The Morgan fingerprint density at radius 3 is 3.13 bits per heavy atom. The summed E-state index contributed by atoms with van der Waals surface area (Å²) in [4.78, 5) is 18.4. The average Bonchev–Trinajstić information content (AvgIpc) is 3.06. The first-order valence-electron chi connectivity index (χ1n) is 7.33. The summed E-state index contributed by atoms with van der Waals surface area (Å²) in [5.74, 6) is 0.933. The van der Waals surface area contributed by atoms with E-state index < -0.39 is 0 Å². The molecule has 0 aromatic carbocycles. The van der Waals surface area contributed by atoms with E-state index in [9.17, 15) is 4.79 Å². The molecule has 0 aliphatic carbocycles. The number of urea groups is 1. The average molecular weight is 334 g/mol. The minimum atomic E-state index is -0.312. The number of nitrogens with zero attached hydrogens (tertiary/aromatic N) is 4. The number of hydrogen-bond acceptors (Lipinski definition) is 7. The summed E-state index contributed by atoms with van der Waals surface area (Å²) in [5, 5.41) is 13.2. The summed E-state index contributed by atoms with van der Waals surface area (Å²) in [6.45, 7) is 4.87. The molecule has 2 aromatic rings. The molecule has 2 aromatic heterocycles. The molecular formula is C14H18N6O2S. The maximum atomic E-state index is 11.7. The standard InChI is InChI=1S/C14H18N6O2S/c1-10-8-20(4-5-22-10)12-3-2-11(6-15-12)7-16-13(21)18-14-19-17-9-23-14/h2-3,6,9-10H,4-5,7-8H2,1H3,(H2,16,18,19,21)/t10-/m0/s1. The molecule has 0 radical (unpaired) electrons. The number of aromatic nitrogens is 3. The van der Waals surface area contributed by atoms with E-state index in [1.165, 1.54) is 11.3 Å². The smallest absolute Gasteiger partial charge is 0.321 e. The lowest BCUT2D eigenvalue weighted by Crippen LogP contribution is -2.41. The second-order valence-corrected chi connectivity index (χ2v) is 6.04. The van der Waals surface area contributed by atoms with Gasteiger partial charge in [0.15, 0.2) is 0 Å². The van der Waals surface area contributed by atoms with Crippen LogP contribution in [0.25, 0.3) is 0 Å². The fourth-order valence-corrected chi connectivity index (χ4v) is 2.73. The van der Waals surface area contributed by atoms with Gasteiger partial charge >= 0.3 is 6.03 Å². The highest BCUT2D eigenvalue weighted by Gasteiger charge is 2.17. The van der Waals surface area contributed by atoms with Crippen molar-refractivity contribution in [3.05, 3.63) is 29.4 Å². The van der Waals surface area contributed by atoms with Crippen LogP contribution in [-0.2, 0) is 11.3 Å². The van der Waals surface area contributed by atoms with Gasteiger partial charge in [0.25, 0.3) is 0 Å². The number of pyridine rings is 1. The molecule has 2 N–H and O–H groups in total. The number of amides is 2. The van der Waals surface area contributed by atoms with Crippen molar-refractivity contribution in [2.45, 2.75) is 19.6 Å². The number of anilines is 2. The molecule has 1 fully saturated rings. The van der Waals surface area contributed by atoms with Crippen LogP contribution in [0.15, 0.2) is 23.8 Å². The van der Waals surface area contributed by atoms with E-state index in [0.29, 0.717) is 11.7 Å². The third-order valence-electron chi connectivity index (χ3n) is 3.41. The Bertz CT molecular complexity index is 633. The Hall–Kier alpha value is -2.26. The molecule has 2 amide bonds. The number of nitrogens with one attached hydrogen (secondary N) is 2. The predicted molar refractivity (Wildman–Crippen MR) is 87.6 cm³/mol. The summed E-state index contributed by atoms with van der Waals surface area (Å²) >= 11 is 1.27. The van der Waals surface area contributed by atoms with Crippen LogP contribution < -0.4 is 15.5 Å². The van der Waals surface area contributed by atoms with Crippen molar-refractivity contribution in [1.29, 1.82) is 0 Å². The minimum absolute atomic E-state index is 0.218. The quantitative estimate of drug-likeness (QED) is 0.880. The van der Waals surface area contributed by atoms with Gasteiger partial charge in [0.1, 0.15) is 11.3 Å². The molecule has 1 aliphatic rings. The van der Waals surface area contributed by atoms with E-state index in [2.05, 4.69) is 37.6 Å². The highest BCUT2D eigenvalue weighted by molar-refractivity contribution is 7.13. The van der Waals surface area contributed by atoms with Crippen molar-refractivity contribution < 1.29 is 9.53 Å². The predicted octanol–water partition coefficient (Wildman–Crippen LogP) is 1.48. The molecule has 3 rings (SSSR count). The molecule has 1 atom stereocenters. The minimum Gasteiger partial charge on any atom is -0.375 e. The Kier molecular flexibility index (Phi) is 4.99. The van der Waals surface area contributed by atoms with Crippen LogP contribution in [0.4, 0.5) is 15.7 Å². The van der Waals surface area contributed by atoms with Gasteiger partial charge in [-0.05, 0) is 18.6 Å². The van der Waals surface area contributed by atoms with Gasteiger partial charge < -0.3 is 15.0 Å². The maximum absolute atomic E-state index is 11.7. The summed E-state index contributed by atoms with van der Waals surface area (Å²) in [7, 11) is 0. The van der Waals surface area contributed by atoms with Crippen molar-refractivity contribution in [2.75, 3.05) is 29.9 Å². The van der Waals surface area contributed by atoms with Crippen LogP contribution in [0.5, 0.6) is 0 Å². The topological polar surface area (TPSA) is 92.3 Å². The summed E-state index contributed by atoms with van der Waals surface area (Å²) in [5.41, 5.74) is 2.49. The van der Waals surface area contributed by atoms with Gasteiger partial charge in [0.05, 0.1) is 12.7 Å². The zero-order valence-electron chi connectivity index (χ0n) is 12.7. The van der Waals surface area contributed by atoms with E-state index in [1.54, 1.807) is 11.7 Å². The monoisotopic (exact) mass is 334 g/mol. The Morgan fingerprint density at radius 1 is 1.52 bits per heavy atom. The van der Waals surface area contributed by atoms with Gasteiger partial charge in [0, 0.05) is 25.8 Å². The Labute approximate surface area is 137 Å². The third kappa shape index (κ3) is 4.36. The molecule has 1 aliphatic heterocycles. The Balaban J connectivity index is 1.50. The summed E-state index contributed by atoms with van der Waals surface area (Å²) in [6.07, 6.45) is 2.00. The van der Waals surface area contributed by atoms with E-state index >= 15 is 0 Å². The molecule has 0 unspecified atom stereocenters. The molecule has 9 heteroatoms. The van der Waals surface area contributed by atoms with Gasteiger partial charge in [0.2, 0.25) is 5.13 Å². The van der Waals surface area contributed by atoms with E-state index in [1.807, 2.05) is 12.1 Å². The Morgan fingerprint density at radius 2 is 2.43 bits per heavy atom. The van der Waals surface area contributed by atoms with Gasteiger partial charge in [-0.2, -0.15) is 0 Å². The van der Waals surface area contributed by atoms with Crippen LogP contribution in [0.1, 0.15) is 12.5 Å². The van der Waals surface area contributed by atoms with Crippen molar-refractivity contribution in [1.82, 2.24) is 20.5 Å². The van der Waals surface area contributed by atoms with E-state index in [0.717, 1.165) is 31.1 Å². The van der Waals surface area contributed by atoms with Crippen molar-refractivity contribution in [2.24, 2.45) is 0 Å². The molecule has 8 nitrogen and oxygen atoms in total. The molecule has 1 saturated heterocycles. The van der Waals surface area contributed by atoms with Crippen LogP contribution in [0.3, 0.4) is 0 Å². The number of morpholine rings is 1. The van der Waals surface area contributed by atoms with Crippen LogP contribution in [-0.4, -0.2) is 47.0 Å². The van der Waals surface area contributed by atoms with Gasteiger partial charge in [-0.1, -0.05) is 17.4 Å². The second-order valence-electron chi connectivity index (χ2n) is 5.20. The van der Waals surface area contributed by atoms with Crippen LogP contribution in [0.2, 0.25) is 0 Å². The lowest BCUT2D eigenvalue weighted by molar-refractivity contribution is 0.0529. The fraction of sp³-hybridized carbons (Fsp3) is 0.429. The molecule has 0 saturated carbocycles. The summed E-state index contributed by atoms with van der Waals surface area (Å²) in [6, 6.07) is 3.62. The van der Waals surface area contributed by atoms with E-state index in [4.69, 9.17) is 4.74 Å². The van der Waals surface area contributed by atoms with Gasteiger partial charge in [-0.3, -0.25) is 5.32 Å². The number of carbonyl (C=O) groups is 1. The lowest BCUT2D eigenvalue weighted by Gasteiger charge is -2.32. The van der Waals surface area contributed by atoms with Crippen molar-refractivity contribution in [3.63, 3.8) is 0 Å². The first-order valence-corrected chi connectivity index (χ1v) is 8.21. The summed E-state index contributed by atoms with van der Waals surface area (Å²) < 4.78 is 5.53. The highest BCUT2D eigenvalue weighted by atomic mass is 32.1. The maximum Gasteiger partial charge on any atom is 0.321 e. The first-order chi connectivity index (χ1) is 11.2. The second kappa shape index (κ2) is 7.34. The molecular weight excluding hydrogens is 316 g/mol. The molecule has 122 valence electrons. The fourth-order valence-electron chi connectivity index (χ4n) is 2.29. The zero-order valence-corrected chi connectivity index (χ0v) is 13.5. The normalized spacial score (nSPS) is 17.8. The zero-order chi connectivity index (χ0) is 16.1.